The molecule has 0 aromatic heterocycles. The number of carboxylic acid groups (broad SMARTS) is 1. The Morgan fingerprint density at radius 1 is 0.939 bits per heavy atom. The predicted molar refractivity (Wildman–Crippen MR) is 131 cm³/mol. The number of benzene rings is 3. The van der Waals surface area contributed by atoms with E-state index in [1.807, 2.05) is 32.9 Å². The van der Waals surface area contributed by atoms with Gasteiger partial charge in [-0.1, -0.05) is 53.0 Å². The SMILES string of the molecule is Cc1cc(C)c(C(=O)N[C@@H](Cc2ccc(O)cc2Cc2c(Cl)cccc2Cl)C(=O)O)c(C)c1. The third-order valence-electron chi connectivity index (χ3n) is 5.55. The van der Waals surface area contributed by atoms with Gasteiger partial charge in [0.15, 0.2) is 0 Å². The highest BCUT2D eigenvalue weighted by Crippen LogP contribution is 2.29. The largest absolute Gasteiger partial charge is 0.508 e. The summed E-state index contributed by atoms with van der Waals surface area (Å²) >= 11 is 12.6. The summed E-state index contributed by atoms with van der Waals surface area (Å²) in [6.07, 6.45) is 0.335. The van der Waals surface area contributed by atoms with Crippen molar-refractivity contribution in [3.8, 4) is 5.75 Å². The molecule has 7 heteroatoms. The Labute approximate surface area is 203 Å². The quantitative estimate of drug-likeness (QED) is 0.404. The molecule has 0 aliphatic heterocycles. The van der Waals surface area contributed by atoms with Crippen LogP contribution in [0, 0.1) is 20.8 Å². The van der Waals surface area contributed by atoms with Crippen molar-refractivity contribution < 1.29 is 19.8 Å². The smallest absolute Gasteiger partial charge is 0.326 e. The maximum absolute atomic E-state index is 13.0. The zero-order valence-electron chi connectivity index (χ0n) is 18.6. The first-order valence-electron chi connectivity index (χ1n) is 10.4. The van der Waals surface area contributed by atoms with Crippen molar-refractivity contribution >= 4 is 35.1 Å². The standard InChI is InChI=1S/C26H25Cl2NO4/c1-14-9-15(2)24(16(3)10-14)25(31)29-23(26(32)33)13-17-7-8-19(30)11-18(17)12-20-21(27)5-4-6-22(20)28/h4-11,23,30H,12-13H2,1-3H3,(H,29,31)(H,32,33)/t23-/m0/s1. The van der Waals surface area contributed by atoms with Gasteiger partial charge in [0.2, 0.25) is 0 Å². The maximum atomic E-state index is 13.0. The summed E-state index contributed by atoms with van der Waals surface area (Å²) in [5.74, 6) is -1.55. The Kier molecular flexibility index (Phi) is 7.67. The van der Waals surface area contributed by atoms with E-state index in [1.54, 1.807) is 30.3 Å². The molecule has 0 saturated carbocycles. The molecule has 0 bridgehead atoms. The highest BCUT2D eigenvalue weighted by atomic mass is 35.5. The van der Waals surface area contributed by atoms with Crippen LogP contribution in [0.5, 0.6) is 5.75 Å². The lowest BCUT2D eigenvalue weighted by Gasteiger charge is -2.19. The second kappa shape index (κ2) is 10.3. The Hall–Kier alpha value is -3.02. The lowest BCUT2D eigenvalue weighted by Crippen LogP contribution is -2.43. The van der Waals surface area contributed by atoms with E-state index < -0.39 is 17.9 Å². The van der Waals surface area contributed by atoms with Crippen LogP contribution in [0.2, 0.25) is 10.0 Å². The van der Waals surface area contributed by atoms with E-state index in [1.165, 1.54) is 6.07 Å². The average molecular weight is 486 g/mol. The molecule has 0 saturated heterocycles. The monoisotopic (exact) mass is 485 g/mol. The fourth-order valence-electron chi connectivity index (χ4n) is 4.06. The summed E-state index contributed by atoms with van der Waals surface area (Å²) in [7, 11) is 0. The van der Waals surface area contributed by atoms with Gasteiger partial charge in [-0.25, -0.2) is 4.79 Å². The second-order valence-electron chi connectivity index (χ2n) is 8.17. The number of carbonyl (C=O) groups excluding carboxylic acids is 1. The lowest BCUT2D eigenvalue weighted by molar-refractivity contribution is -0.139. The number of aliphatic carboxylic acids is 1. The van der Waals surface area contributed by atoms with Crippen molar-refractivity contribution in [1.82, 2.24) is 5.32 Å². The molecule has 0 radical (unpaired) electrons. The number of phenolic OH excluding ortho intramolecular Hbond substituents is 1. The molecule has 3 rings (SSSR count). The number of nitrogens with one attached hydrogen (secondary N) is 1. The van der Waals surface area contributed by atoms with Gasteiger partial charge in [0.05, 0.1) is 0 Å². The Bertz CT molecular complexity index is 1180. The number of amides is 1. The minimum absolute atomic E-state index is 0.0305. The number of halogens is 2. The fraction of sp³-hybridized carbons (Fsp3) is 0.231. The highest BCUT2D eigenvalue weighted by Gasteiger charge is 2.24. The molecule has 172 valence electrons. The Balaban J connectivity index is 1.90. The zero-order chi connectivity index (χ0) is 24.3. The first kappa shape index (κ1) is 24.6. The first-order chi connectivity index (χ1) is 15.6. The van der Waals surface area contributed by atoms with Crippen LogP contribution in [0.4, 0.5) is 0 Å². The molecule has 0 spiro atoms. The first-order valence-corrected chi connectivity index (χ1v) is 11.2. The summed E-state index contributed by atoms with van der Waals surface area (Å²) in [6, 6.07) is 12.5. The maximum Gasteiger partial charge on any atom is 0.326 e. The molecule has 0 unspecified atom stereocenters. The van der Waals surface area contributed by atoms with Gasteiger partial charge >= 0.3 is 5.97 Å². The van der Waals surface area contributed by atoms with Crippen molar-refractivity contribution in [2.45, 2.75) is 39.7 Å². The molecule has 1 amide bonds. The van der Waals surface area contributed by atoms with Gasteiger partial charge in [-0.3, -0.25) is 4.79 Å². The van der Waals surface area contributed by atoms with E-state index in [4.69, 9.17) is 23.2 Å². The lowest BCUT2D eigenvalue weighted by atomic mass is 9.94. The van der Waals surface area contributed by atoms with E-state index in [0.717, 1.165) is 16.7 Å². The summed E-state index contributed by atoms with van der Waals surface area (Å²) in [6.45, 7) is 5.60. The third-order valence-corrected chi connectivity index (χ3v) is 6.26. The van der Waals surface area contributed by atoms with Crippen molar-refractivity contribution in [3.05, 3.63) is 97.5 Å². The van der Waals surface area contributed by atoms with Gasteiger partial charge in [0.25, 0.3) is 5.91 Å². The number of phenols is 1. The van der Waals surface area contributed by atoms with Gasteiger partial charge < -0.3 is 15.5 Å². The molecule has 3 aromatic carbocycles. The molecular formula is C26H25Cl2NO4. The summed E-state index contributed by atoms with van der Waals surface area (Å²) in [4.78, 5) is 25.0. The molecule has 0 aliphatic carbocycles. The molecule has 0 fully saturated rings. The number of hydrogen-bond donors (Lipinski definition) is 3. The van der Waals surface area contributed by atoms with Crippen LogP contribution in [0.25, 0.3) is 0 Å². The molecule has 3 N–H and O–H groups in total. The minimum Gasteiger partial charge on any atom is -0.508 e. The third kappa shape index (κ3) is 5.86. The van der Waals surface area contributed by atoms with E-state index in [9.17, 15) is 19.8 Å². The number of aryl methyl sites for hydroxylation is 3. The van der Waals surface area contributed by atoms with Gasteiger partial charge in [0.1, 0.15) is 11.8 Å². The van der Waals surface area contributed by atoms with Crippen molar-refractivity contribution in [2.24, 2.45) is 0 Å². The van der Waals surface area contributed by atoms with Crippen LogP contribution in [-0.2, 0) is 17.6 Å². The van der Waals surface area contributed by atoms with E-state index in [0.29, 0.717) is 38.7 Å². The van der Waals surface area contributed by atoms with Crippen LogP contribution in [0.1, 0.15) is 43.7 Å². The molecule has 0 aliphatic rings. The number of hydrogen-bond acceptors (Lipinski definition) is 3. The zero-order valence-corrected chi connectivity index (χ0v) is 20.1. The number of carboxylic acids is 1. The molecule has 0 heterocycles. The molecule has 5 nitrogen and oxygen atoms in total. The normalized spacial score (nSPS) is 11.8. The molecule has 33 heavy (non-hydrogen) atoms. The Morgan fingerprint density at radius 3 is 2.12 bits per heavy atom. The van der Waals surface area contributed by atoms with Crippen LogP contribution in [0.15, 0.2) is 48.5 Å². The van der Waals surface area contributed by atoms with Crippen molar-refractivity contribution in [2.75, 3.05) is 0 Å². The van der Waals surface area contributed by atoms with E-state index in [-0.39, 0.29) is 12.2 Å². The summed E-state index contributed by atoms with van der Waals surface area (Å²) < 4.78 is 0. The van der Waals surface area contributed by atoms with Crippen LogP contribution >= 0.6 is 23.2 Å². The molecule has 3 aromatic rings. The Morgan fingerprint density at radius 2 is 1.55 bits per heavy atom. The highest BCUT2D eigenvalue weighted by molar-refractivity contribution is 6.36. The fourth-order valence-corrected chi connectivity index (χ4v) is 4.59. The van der Waals surface area contributed by atoms with Crippen LogP contribution in [0.3, 0.4) is 0 Å². The average Bonchev–Trinajstić information content (AvgIpc) is 2.71. The van der Waals surface area contributed by atoms with Gasteiger partial charge in [-0.05, 0) is 72.9 Å². The predicted octanol–water partition coefficient (Wildman–Crippen LogP) is 5.64. The van der Waals surface area contributed by atoms with Crippen LogP contribution in [-0.4, -0.2) is 28.1 Å². The van der Waals surface area contributed by atoms with Crippen LogP contribution < -0.4 is 5.32 Å². The van der Waals surface area contributed by atoms with Gasteiger partial charge in [-0.15, -0.1) is 0 Å². The van der Waals surface area contributed by atoms with E-state index in [2.05, 4.69) is 5.32 Å². The van der Waals surface area contributed by atoms with Gasteiger partial charge in [0, 0.05) is 28.5 Å². The molecular weight excluding hydrogens is 461 g/mol. The summed E-state index contributed by atoms with van der Waals surface area (Å²) in [5.41, 5.74) is 5.08. The summed E-state index contributed by atoms with van der Waals surface area (Å²) in [5, 5.41) is 23.5. The van der Waals surface area contributed by atoms with Crippen molar-refractivity contribution in [3.63, 3.8) is 0 Å². The second-order valence-corrected chi connectivity index (χ2v) is 8.99. The topological polar surface area (TPSA) is 86.6 Å². The van der Waals surface area contributed by atoms with Gasteiger partial charge in [-0.2, -0.15) is 0 Å². The van der Waals surface area contributed by atoms with Crippen molar-refractivity contribution in [1.29, 1.82) is 0 Å². The van der Waals surface area contributed by atoms with E-state index >= 15 is 0 Å². The molecule has 1 atom stereocenters. The number of carbonyl (C=O) groups is 2. The minimum atomic E-state index is -1.16. The number of aromatic hydroxyl groups is 1. The number of rotatable bonds is 7.